The van der Waals surface area contributed by atoms with Crippen molar-refractivity contribution in [1.29, 1.82) is 0 Å². The standard InChI is InChI=1S/C5H12BN2O2P2S2/c9-4(7-6-11)2-14-5(10)3(1-13)8-12/h3,8,13H,1-2,11-12H2,(H,7,9)/t3-/m0/s1. The van der Waals surface area contributed by atoms with Crippen molar-refractivity contribution < 1.29 is 9.59 Å². The summed E-state index contributed by atoms with van der Waals surface area (Å²) in [5.74, 6) is 0.340. The maximum atomic E-state index is 11.4. The van der Waals surface area contributed by atoms with E-state index in [1.54, 1.807) is 0 Å². The van der Waals surface area contributed by atoms with Gasteiger partial charge in [-0.2, -0.15) is 21.7 Å². The Morgan fingerprint density at radius 3 is 2.64 bits per heavy atom. The molecule has 0 saturated carbocycles. The summed E-state index contributed by atoms with van der Waals surface area (Å²) in [6, 6.07) is -0.332. The molecule has 14 heavy (non-hydrogen) atoms. The van der Waals surface area contributed by atoms with Crippen LogP contribution in [0, 0.1) is 0 Å². The Bertz CT molecular complexity index is 206. The van der Waals surface area contributed by atoms with Crippen molar-refractivity contribution in [2.24, 2.45) is 0 Å². The molecule has 0 heterocycles. The molecule has 2 N–H and O–H groups in total. The molecular weight excluding hydrogens is 257 g/mol. The van der Waals surface area contributed by atoms with E-state index in [1.165, 1.54) is 7.13 Å². The second-order valence-corrected chi connectivity index (χ2v) is 4.26. The first-order valence-electron chi connectivity index (χ1n) is 3.72. The SMILES string of the molecule is O=C(CSC(=O)[C@H](CS)NP)N[B]P. The van der Waals surface area contributed by atoms with Crippen molar-refractivity contribution in [1.82, 2.24) is 10.3 Å². The molecule has 1 radical (unpaired) electrons. The number of nitrogens with one attached hydrogen (secondary N) is 2. The highest BCUT2D eigenvalue weighted by molar-refractivity contribution is 8.14. The van der Waals surface area contributed by atoms with Crippen LogP contribution in [0.1, 0.15) is 0 Å². The third-order valence-corrected chi connectivity index (χ3v) is 3.17. The minimum atomic E-state index is -0.332. The maximum absolute atomic E-state index is 11.4. The van der Waals surface area contributed by atoms with E-state index < -0.39 is 0 Å². The molecule has 0 fully saturated rings. The smallest absolute Gasteiger partial charge is 0.273 e. The van der Waals surface area contributed by atoms with Gasteiger partial charge in [-0.1, -0.05) is 21.2 Å². The molecule has 0 spiro atoms. The molecule has 9 heteroatoms. The fraction of sp³-hybridized carbons (Fsp3) is 0.600. The fourth-order valence-electron chi connectivity index (χ4n) is 0.567. The second-order valence-electron chi connectivity index (χ2n) is 2.24. The van der Waals surface area contributed by atoms with Gasteiger partial charge in [-0.15, -0.1) is 0 Å². The van der Waals surface area contributed by atoms with Gasteiger partial charge < -0.3 is 5.23 Å². The molecular formula is C5H12BN2O2P2S2. The first kappa shape index (κ1) is 14.7. The molecule has 0 aliphatic heterocycles. The van der Waals surface area contributed by atoms with Crippen LogP contribution < -0.4 is 10.3 Å². The number of hydrogen-bond donors (Lipinski definition) is 3. The van der Waals surface area contributed by atoms with E-state index in [0.717, 1.165) is 11.8 Å². The van der Waals surface area contributed by atoms with E-state index in [1.807, 2.05) is 0 Å². The summed E-state index contributed by atoms with van der Waals surface area (Å²) in [4.78, 5) is 22.3. The van der Waals surface area contributed by atoms with Crippen LogP contribution in [0.4, 0.5) is 0 Å². The zero-order chi connectivity index (χ0) is 11.0. The third-order valence-electron chi connectivity index (χ3n) is 1.26. The molecule has 4 nitrogen and oxygen atoms in total. The zero-order valence-corrected chi connectivity index (χ0v) is 11.4. The first-order valence-corrected chi connectivity index (χ1v) is 6.58. The molecule has 0 aromatic carbocycles. The summed E-state index contributed by atoms with van der Waals surface area (Å²) < 4.78 is 0. The molecule has 0 saturated heterocycles. The van der Waals surface area contributed by atoms with Crippen LogP contribution in [-0.2, 0) is 9.59 Å². The lowest BCUT2D eigenvalue weighted by Gasteiger charge is -2.10. The molecule has 0 aliphatic carbocycles. The first-order chi connectivity index (χ1) is 6.65. The van der Waals surface area contributed by atoms with Crippen molar-refractivity contribution in [2.75, 3.05) is 11.5 Å². The molecule has 0 bridgehead atoms. The number of amides is 1. The van der Waals surface area contributed by atoms with Gasteiger partial charge >= 0.3 is 0 Å². The topological polar surface area (TPSA) is 58.2 Å². The van der Waals surface area contributed by atoms with Gasteiger partial charge in [0.15, 0.2) is 0 Å². The van der Waals surface area contributed by atoms with Crippen molar-refractivity contribution in [3.63, 3.8) is 0 Å². The summed E-state index contributed by atoms with van der Waals surface area (Å²) in [5.41, 5.74) is 0. The number of thioether (sulfide) groups is 1. The van der Waals surface area contributed by atoms with Gasteiger partial charge in [0, 0.05) is 5.75 Å². The highest BCUT2D eigenvalue weighted by atomic mass is 32.2. The number of hydrogen-bond acceptors (Lipinski definition) is 5. The number of carbonyl (C=O) groups is 2. The summed E-state index contributed by atoms with van der Waals surface area (Å²) in [7, 11) is 5.97. The Morgan fingerprint density at radius 2 is 2.21 bits per heavy atom. The van der Waals surface area contributed by atoms with Crippen molar-refractivity contribution in [3.8, 4) is 0 Å². The summed E-state index contributed by atoms with van der Waals surface area (Å²) in [5, 5.41) is 5.10. The van der Waals surface area contributed by atoms with Crippen LogP contribution in [0.15, 0.2) is 0 Å². The Labute approximate surface area is 98.6 Å². The van der Waals surface area contributed by atoms with Gasteiger partial charge in [-0.25, -0.2) is 0 Å². The van der Waals surface area contributed by atoms with Crippen LogP contribution in [0.5, 0.6) is 0 Å². The minimum absolute atomic E-state index is 0.0890. The molecule has 1 amide bonds. The Balaban J connectivity index is 3.77. The zero-order valence-electron chi connectivity index (χ0n) is 7.40. The quantitative estimate of drug-likeness (QED) is 0.344. The van der Waals surface area contributed by atoms with E-state index >= 15 is 0 Å². The van der Waals surface area contributed by atoms with Crippen molar-refractivity contribution in [3.05, 3.63) is 0 Å². The van der Waals surface area contributed by atoms with E-state index in [0.29, 0.717) is 5.75 Å². The van der Waals surface area contributed by atoms with Crippen LogP contribution in [0.25, 0.3) is 0 Å². The van der Waals surface area contributed by atoms with Crippen molar-refractivity contribution in [2.45, 2.75) is 6.04 Å². The predicted octanol–water partition coefficient (Wildman–Crippen LogP) is -0.550. The molecule has 0 aromatic heterocycles. The summed E-state index contributed by atoms with van der Waals surface area (Å²) in [6.45, 7) is 0. The molecule has 0 aliphatic rings. The lowest BCUT2D eigenvalue weighted by molar-refractivity contribution is -0.117. The highest BCUT2D eigenvalue weighted by Gasteiger charge is 2.16. The molecule has 0 aromatic rings. The van der Waals surface area contributed by atoms with Crippen molar-refractivity contribution >= 4 is 61.1 Å². The third kappa shape index (κ3) is 6.25. The highest BCUT2D eigenvalue weighted by Crippen LogP contribution is 2.07. The van der Waals surface area contributed by atoms with Crippen LogP contribution >= 0.6 is 42.9 Å². The molecule has 79 valence electrons. The Morgan fingerprint density at radius 1 is 1.57 bits per heavy atom. The van der Waals surface area contributed by atoms with Gasteiger partial charge in [0.05, 0.1) is 11.8 Å². The van der Waals surface area contributed by atoms with Crippen LogP contribution in [0.2, 0.25) is 0 Å². The number of rotatable bonds is 6. The van der Waals surface area contributed by atoms with Gasteiger partial charge in [0.1, 0.15) is 0 Å². The molecule has 0 rings (SSSR count). The van der Waals surface area contributed by atoms with E-state index in [4.69, 9.17) is 0 Å². The lowest BCUT2D eigenvalue weighted by Crippen LogP contribution is -2.32. The minimum Gasteiger partial charge on any atom is -0.398 e. The lowest BCUT2D eigenvalue weighted by atomic mass is 10.4. The number of carbonyl (C=O) groups excluding carboxylic acids is 2. The monoisotopic (exact) mass is 269 g/mol. The Kier molecular flexibility index (Phi) is 9.45. The summed E-state index contributed by atoms with van der Waals surface area (Å²) >= 11 is 4.98. The average molecular weight is 269 g/mol. The second kappa shape index (κ2) is 8.99. The van der Waals surface area contributed by atoms with E-state index in [9.17, 15) is 9.59 Å². The fourth-order valence-corrected chi connectivity index (χ4v) is 2.45. The maximum Gasteiger partial charge on any atom is 0.273 e. The van der Waals surface area contributed by atoms with Gasteiger partial charge in [-0.3, -0.25) is 14.7 Å². The number of thiol groups is 1. The van der Waals surface area contributed by atoms with Crippen LogP contribution in [0.3, 0.4) is 0 Å². The normalized spacial score (nSPS) is 11.9. The molecule has 2 unspecified atom stereocenters. The van der Waals surface area contributed by atoms with Gasteiger partial charge in [0.2, 0.25) is 11.0 Å². The van der Waals surface area contributed by atoms with Crippen LogP contribution in [-0.4, -0.2) is 35.7 Å². The van der Waals surface area contributed by atoms with Gasteiger partial charge in [-0.05, 0) is 0 Å². The summed E-state index contributed by atoms with van der Waals surface area (Å²) in [6.07, 6.45) is 0. The average Bonchev–Trinajstić information content (AvgIpc) is 2.17. The molecule has 3 atom stereocenters. The van der Waals surface area contributed by atoms with E-state index in [2.05, 4.69) is 41.5 Å². The predicted molar refractivity (Wildman–Crippen MR) is 71.6 cm³/mol. The van der Waals surface area contributed by atoms with Gasteiger partial charge in [0.25, 0.3) is 7.13 Å². The Hall–Kier alpha value is 0.725. The van der Waals surface area contributed by atoms with E-state index in [-0.39, 0.29) is 22.8 Å². The largest absolute Gasteiger partial charge is 0.398 e.